The summed E-state index contributed by atoms with van der Waals surface area (Å²) in [6.07, 6.45) is 6.87. The van der Waals surface area contributed by atoms with Crippen LogP contribution in [0.2, 0.25) is 0 Å². The van der Waals surface area contributed by atoms with Crippen LogP contribution in [-0.4, -0.2) is 54.2 Å². The molecule has 36 heavy (non-hydrogen) atoms. The van der Waals surface area contributed by atoms with E-state index >= 15 is 0 Å². The van der Waals surface area contributed by atoms with Crippen molar-refractivity contribution in [1.29, 1.82) is 0 Å². The molecule has 3 aromatic rings. The fourth-order valence-electron chi connectivity index (χ4n) is 6.28. The number of nitrogens with zero attached hydrogens (tertiary/aromatic N) is 2. The summed E-state index contributed by atoms with van der Waals surface area (Å²) in [5.74, 6) is 0.671. The van der Waals surface area contributed by atoms with E-state index in [1.807, 2.05) is 31.4 Å². The molecule has 1 aliphatic carbocycles. The lowest BCUT2D eigenvalue weighted by Gasteiger charge is -2.47. The monoisotopic (exact) mass is 487 g/mol. The molecule has 1 saturated heterocycles. The van der Waals surface area contributed by atoms with Gasteiger partial charge in [0.05, 0.1) is 18.5 Å². The molecule has 1 unspecified atom stereocenters. The fourth-order valence-corrected chi connectivity index (χ4v) is 6.28. The number of methoxy groups -OCH3 is 1. The molecule has 1 aromatic heterocycles. The van der Waals surface area contributed by atoms with Gasteiger partial charge in [0.15, 0.2) is 0 Å². The lowest BCUT2D eigenvalue weighted by molar-refractivity contribution is -0.147. The second-order valence-electron chi connectivity index (χ2n) is 10.4. The average molecular weight is 488 g/mol. The molecule has 1 saturated carbocycles. The quantitative estimate of drug-likeness (QED) is 0.429. The number of aromatic nitrogens is 1. The van der Waals surface area contributed by atoms with Gasteiger partial charge in [-0.05, 0) is 92.9 Å². The third kappa shape index (κ3) is 5.11. The highest BCUT2D eigenvalue weighted by atomic mass is 16.5. The number of carbonyl (C=O) groups is 1. The number of carboxylic acids is 1. The number of piperidine rings is 1. The molecule has 2 aromatic carbocycles. The predicted molar refractivity (Wildman–Crippen MR) is 142 cm³/mol. The first-order valence-electron chi connectivity index (χ1n) is 13.2. The van der Waals surface area contributed by atoms with Crippen molar-refractivity contribution >= 4 is 16.9 Å². The van der Waals surface area contributed by atoms with Crippen LogP contribution in [0.25, 0.3) is 10.9 Å². The molecular weight excluding hydrogens is 450 g/mol. The Labute approximate surface area is 213 Å². The number of ether oxygens (including phenoxy) is 1. The highest BCUT2D eigenvalue weighted by Crippen LogP contribution is 2.42. The maximum atomic E-state index is 12.3. The number of likely N-dealkylation sites (tertiary alicyclic amines) is 1. The minimum absolute atomic E-state index is 0.133. The number of fused-ring (bicyclic) bond motifs is 1. The standard InChI is InChI=1S/C30H37N3O3/c1-31-28(25-12-14-32-29-11-9-24(36-2)18-26(25)29)10-8-21-13-15-33(19-27(21)30(34)35)23-16-22(17-23)20-6-4-3-5-7-20/h3-7,9,11-12,14,18,21-23,27-28,31H,8,10,13,15-17,19H2,1-2H3,(H,34,35)/t21-,22?,23?,27+,28?/m1/s1. The number of benzene rings is 2. The van der Waals surface area contributed by atoms with Gasteiger partial charge >= 0.3 is 5.97 Å². The Bertz CT molecular complexity index is 1180. The first-order chi connectivity index (χ1) is 17.6. The van der Waals surface area contributed by atoms with Gasteiger partial charge in [-0.25, -0.2) is 0 Å². The van der Waals surface area contributed by atoms with Gasteiger partial charge in [-0.1, -0.05) is 30.3 Å². The number of nitrogens with one attached hydrogen (secondary N) is 1. The molecule has 3 atom stereocenters. The average Bonchev–Trinajstić information content (AvgIpc) is 2.89. The lowest BCUT2D eigenvalue weighted by Crippen LogP contribution is -2.52. The van der Waals surface area contributed by atoms with Crippen LogP contribution in [0, 0.1) is 11.8 Å². The third-order valence-electron chi connectivity index (χ3n) is 8.54. The van der Waals surface area contributed by atoms with E-state index < -0.39 is 5.97 Å². The molecule has 2 aliphatic rings. The molecular formula is C30H37N3O3. The minimum Gasteiger partial charge on any atom is -0.497 e. The first-order valence-corrected chi connectivity index (χ1v) is 13.2. The summed E-state index contributed by atoms with van der Waals surface area (Å²) >= 11 is 0. The van der Waals surface area contributed by atoms with E-state index in [1.54, 1.807) is 7.11 Å². The molecule has 0 amide bonds. The molecule has 5 rings (SSSR count). The van der Waals surface area contributed by atoms with Gasteiger partial charge in [0.2, 0.25) is 0 Å². The van der Waals surface area contributed by atoms with Gasteiger partial charge in [-0.2, -0.15) is 0 Å². The Morgan fingerprint density at radius 2 is 2.00 bits per heavy atom. The maximum Gasteiger partial charge on any atom is 0.308 e. The Morgan fingerprint density at radius 3 is 2.72 bits per heavy atom. The van der Waals surface area contributed by atoms with E-state index in [2.05, 4.69) is 51.6 Å². The molecule has 6 nitrogen and oxygen atoms in total. The zero-order valence-electron chi connectivity index (χ0n) is 21.3. The van der Waals surface area contributed by atoms with Crippen molar-refractivity contribution in [2.75, 3.05) is 27.2 Å². The number of pyridine rings is 1. The van der Waals surface area contributed by atoms with Crippen molar-refractivity contribution in [3.05, 3.63) is 71.9 Å². The smallest absolute Gasteiger partial charge is 0.308 e. The molecule has 0 radical (unpaired) electrons. The fraction of sp³-hybridized carbons (Fsp3) is 0.467. The summed E-state index contributed by atoms with van der Waals surface area (Å²) in [6, 6.07) is 19.4. The Kier molecular flexibility index (Phi) is 7.54. The lowest BCUT2D eigenvalue weighted by atomic mass is 9.73. The van der Waals surface area contributed by atoms with Crippen molar-refractivity contribution in [2.45, 2.75) is 50.1 Å². The first kappa shape index (κ1) is 24.7. The van der Waals surface area contributed by atoms with Crippen molar-refractivity contribution < 1.29 is 14.6 Å². The van der Waals surface area contributed by atoms with Crippen LogP contribution in [0.15, 0.2) is 60.8 Å². The van der Waals surface area contributed by atoms with Crippen LogP contribution < -0.4 is 10.1 Å². The van der Waals surface area contributed by atoms with Crippen LogP contribution >= 0.6 is 0 Å². The highest BCUT2D eigenvalue weighted by Gasteiger charge is 2.41. The normalized spacial score (nSPS) is 25.3. The zero-order chi connectivity index (χ0) is 25.1. The SMILES string of the molecule is CNC(CC[C@@H]1CCN(C2CC(c3ccccc3)C2)C[C@@H]1C(=O)O)c1ccnc2ccc(OC)cc12. The Hall–Kier alpha value is -2.96. The van der Waals surface area contributed by atoms with Gasteiger partial charge in [-0.3, -0.25) is 14.7 Å². The second-order valence-corrected chi connectivity index (χ2v) is 10.4. The van der Waals surface area contributed by atoms with Crippen LogP contribution in [0.1, 0.15) is 55.2 Å². The van der Waals surface area contributed by atoms with Crippen LogP contribution in [-0.2, 0) is 4.79 Å². The molecule has 6 heteroatoms. The zero-order valence-corrected chi connectivity index (χ0v) is 21.3. The highest BCUT2D eigenvalue weighted by molar-refractivity contribution is 5.84. The molecule has 190 valence electrons. The summed E-state index contributed by atoms with van der Waals surface area (Å²) in [6.45, 7) is 1.67. The number of rotatable bonds is 9. The number of hydrogen-bond acceptors (Lipinski definition) is 5. The van der Waals surface area contributed by atoms with Crippen molar-refractivity contribution in [3.8, 4) is 5.75 Å². The summed E-state index contributed by atoms with van der Waals surface area (Å²) < 4.78 is 5.44. The second kappa shape index (κ2) is 11.0. The summed E-state index contributed by atoms with van der Waals surface area (Å²) in [4.78, 5) is 19.3. The Balaban J connectivity index is 1.22. The van der Waals surface area contributed by atoms with Gasteiger partial charge in [0.1, 0.15) is 5.75 Å². The Morgan fingerprint density at radius 1 is 1.19 bits per heavy atom. The van der Waals surface area contributed by atoms with E-state index in [-0.39, 0.29) is 17.9 Å². The summed E-state index contributed by atoms with van der Waals surface area (Å²) in [7, 11) is 3.66. The van der Waals surface area contributed by atoms with Gasteiger partial charge in [0.25, 0.3) is 0 Å². The van der Waals surface area contributed by atoms with E-state index in [0.717, 1.165) is 55.3 Å². The number of carboxylic acid groups (broad SMARTS) is 1. The third-order valence-corrected chi connectivity index (χ3v) is 8.54. The maximum absolute atomic E-state index is 12.3. The van der Waals surface area contributed by atoms with Crippen LogP contribution in [0.4, 0.5) is 0 Å². The number of hydrogen-bond donors (Lipinski definition) is 2. The van der Waals surface area contributed by atoms with Gasteiger partial charge < -0.3 is 15.2 Å². The van der Waals surface area contributed by atoms with Crippen molar-refractivity contribution in [1.82, 2.24) is 15.2 Å². The van der Waals surface area contributed by atoms with Gasteiger partial charge in [-0.15, -0.1) is 0 Å². The molecule has 2 heterocycles. The summed E-state index contributed by atoms with van der Waals surface area (Å²) in [5, 5.41) is 14.7. The van der Waals surface area contributed by atoms with E-state index in [4.69, 9.17) is 4.74 Å². The largest absolute Gasteiger partial charge is 0.497 e. The van der Waals surface area contributed by atoms with E-state index in [1.165, 1.54) is 11.1 Å². The van der Waals surface area contributed by atoms with Crippen LogP contribution in [0.3, 0.4) is 0 Å². The van der Waals surface area contributed by atoms with Crippen LogP contribution in [0.5, 0.6) is 5.75 Å². The van der Waals surface area contributed by atoms with E-state index in [9.17, 15) is 9.90 Å². The number of aliphatic carboxylic acids is 1. The molecule has 0 spiro atoms. The van der Waals surface area contributed by atoms with Crippen molar-refractivity contribution in [3.63, 3.8) is 0 Å². The van der Waals surface area contributed by atoms with Crippen molar-refractivity contribution in [2.24, 2.45) is 11.8 Å². The molecule has 0 bridgehead atoms. The van der Waals surface area contributed by atoms with Gasteiger partial charge in [0, 0.05) is 30.2 Å². The predicted octanol–water partition coefficient (Wildman–Crippen LogP) is 5.25. The van der Waals surface area contributed by atoms with E-state index in [0.29, 0.717) is 18.5 Å². The topological polar surface area (TPSA) is 74.7 Å². The molecule has 1 aliphatic heterocycles. The molecule has 2 N–H and O–H groups in total. The minimum atomic E-state index is -0.649. The molecule has 2 fully saturated rings. The summed E-state index contributed by atoms with van der Waals surface area (Å²) in [5.41, 5.74) is 3.55.